The fourth-order valence-corrected chi connectivity index (χ4v) is 3.85. The lowest BCUT2D eigenvalue weighted by Crippen LogP contribution is -2.44. The summed E-state index contributed by atoms with van der Waals surface area (Å²) in [7, 11) is 0. The summed E-state index contributed by atoms with van der Waals surface area (Å²) in [4.78, 5) is 39.8. The molecule has 0 radical (unpaired) electrons. The van der Waals surface area contributed by atoms with E-state index in [0.717, 1.165) is 18.0 Å². The van der Waals surface area contributed by atoms with Gasteiger partial charge in [0.2, 0.25) is 0 Å². The topological polar surface area (TPSA) is 145 Å². The van der Waals surface area contributed by atoms with Crippen molar-refractivity contribution < 1.29 is 18.8 Å². The van der Waals surface area contributed by atoms with Crippen molar-refractivity contribution in [3.05, 3.63) is 65.1 Å². The van der Waals surface area contributed by atoms with E-state index in [9.17, 15) is 14.4 Å². The summed E-state index contributed by atoms with van der Waals surface area (Å²) in [6.07, 6.45) is 2.21. The lowest BCUT2D eigenvalue weighted by Gasteiger charge is -2.29. The van der Waals surface area contributed by atoms with E-state index in [1.807, 2.05) is 0 Å². The molecule has 0 fully saturated rings. The largest absolute Gasteiger partial charge is 0.467 e. The molecule has 0 saturated carbocycles. The highest BCUT2D eigenvalue weighted by Crippen LogP contribution is 2.33. The van der Waals surface area contributed by atoms with Crippen molar-refractivity contribution in [2.24, 2.45) is 11.7 Å². The van der Waals surface area contributed by atoms with E-state index in [0.29, 0.717) is 18.2 Å². The highest BCUT2D eigenvalue weighted by atomic mass is 32.1. The molecule has 3 amide bonds. The van der Waals surface area contributed by atoms with Crippen LogP contribution in [0.5, 0.6) is 0 Å². The van der Waals surface area contributed by atoms with Gasteiger partial charge in [-0.25, -0.2) is 0 Å². The Morgan fingerprint density at radius 1 is 1.16 bits per heavy atom. The third-order valence-electron chi connectivity index (χ3n) is 4.75. The fraction of sp³-hybridized carbons (Fsp3) is 0.273. The number of hydrogen-bond acceptors (Lipinski definition) is 7. The van der Waals surface area contributed by atoms with E-state index in [2.05, 4.69) is 23.5 Å². The molecule has 3 aromatic rings. The first-order valence-corrected chi connectivity index (χ1v) is 10.8. The van der Waals surface area contributed by atoms with Crippen molar-refractivity contribution in [1.29, 1.82) is 0 Å². The minimum absolute atomic E-state index is 0.00851. The monoisotopic (exact) mass is 455 g/mol. The Kier molecular flexibility index (Phi) is 7.26. The molecule has 2 heterocycles. The Morgan fingerprint density at radius 3 is 2.44 bits per heavy atom. The van der Waals surface area contributed by atoms with Gasteiger partial charge in [0, 0.05) is 12.2 Å². The van der Waals surface area contributed by atoms with Crippen LogP contribution in [0, 0.1) is 5.92 Å². The van der Waals surface area contributed by atoms with Crippen LogP contribution in [0.4, 0.5) is 11.4 Å². The first-order valence-electron chi connectivity index (χ1n) is 10.1. The van der Waals surface area contributed by atoms with Crippen molar-refractivity contribution in [2.45, 2.75) is 26.3 Å². The van der Waals surface area contributed by atoms with Crippen LogP contribution < -0.4 is 21.7 Å². The number of aromatic nitrogens is 1. The minimum atomic E-state index is -1.11. The van der Waals surface area contributed by atoms with Crippen molar-refractivity contribution in [3.8, 4) is 0 Å². The normalized spacial score (nSPS) is 11.8. The van der Waals surface area contributed by atoms with Gasteiger partial charge in [0.15, 0.2) is 11.7 Å². The first-order chi connectivity index (χ1) is 15.3. The summed E-state index contributed by atoms with van der Waals surface area (Å²) >= 11 is 0.754. The summed E-state index contributed by atoms with van der Waals surface area (Å²) < 4.78 is 9.45. The van der Waals surface area contributed by atoms with E-state index >= 15 is 0 Å². The number of para-hydroxylation sites is 1. The van der Waals surface area contributed by atoms with Crippen molar-refractivity contribution in [3.63, 3.8) is 0 Å². The predicted octanol–water partition coefficient (Wildman–Crippen LogP) is 2.97. The van der Waals surface area contributed by atoms with Crippen molar-refractivity contribution in [2.75, 3.05) is 17.2 Å². The molecule has 0 aliphatic rings. The number of anilines is 2. The molecule has 10 heteroatoms. The van der Waals surface area contributed by atoms with E-state index in [1.165, 1.54) is 11.2 Å². The van der Waals surface area contributed by atoms with Gasteiger partial charge in [0.25, 0.3) is 17.7 Å². The number of hydrogen-bond donors (Lipinski definition) is 3. The number of benzene rings is 1. The molecule has 1 atom stereocenters. The summed E-state index contributed by atoms with van der Waals surface area (Å²) in [5.41, 5.74) is 11.5. The maximum Gasteiger partial charge on any atom is 0.273 e. The van der Waals surface area contributed by atoms with Crippen LogP contribution in [-0.2, 0) is 4.79 Å². The molecule has 0 aliphatic carbocycles. The number of nitrogens with two attached hydrogens (primary N) is 2. The van der Waals surface area contributed by atoms with Crippen LogP contribution in [0.25, 0.3) is 0 Å². The minimum Gasteiger partial charge on any atom is -0.467 e. The quantitative estimate of drug-likeness (QED) is 0.452. The Morgan fingerprint density at radius 2 is 1.88 bits per heavy atom. The van der Waals surface area contributed by atoms with Gasteiger partial charge in [0.1, 0.15) is 10.6 Å². The number of furan rings is 1. The van der Waals surface area contributed by atoms with Crippen molar-refractivity contribution >= 4 is 40.6 Å². The number of nitrogen functional groups attached to an aromatic ring is 1. The van der Waals surface area contributed by atoms with Gasteiger partial charge in [-0.05, 0) is 48.1 Å². The van der Waals surface area contributed by atoms with Gasteiger partial charge >= 0.3 is 0 Å². The van der Waals surface area contributed by atoms with Crippen LogP contribution in [0.1, 0.15) is 52.2 Å². The van der Waals surface area contributed by atoms with Crippen molar-refractivity contribution in [1.82, 2.24) is 9.69 Å². The molecular weight excluding hydrogens is 430 g/mol. The number of primary amides is 1. The standard InChI is InChI=1S/C22H25N5O4S/c1-13(2)10-11-25-21(29)18(15-9-6-12-31-15)27(14-7-4-3-5-8-14)22(30)19-16(23)17(20(24)28)26-32-19/h3-9,12-13,18H,10-11,23H2,1-2H3,(H2,24,28)(H,25,29). The van der Waals surface area contributed by atoms with Gasteiger partial charge in [-0.1, -0.05) is 32.0 Å². The lowest BCUT2D eigenvalue weighted by atomic mass is 10.1. The zero-order valence-corrected chi connectivity index (χ0v) is 18.6. The molecule has 32 heavy (non-hydrogen) atoms. The molecule has 0 bridgehead atoms. The first kappa shape index (κ1) is 23.0. The zero-order valence-electron chi connectivity index (χ0n) is 17.8. The van der Waals surface area contributed by atoms with Crippen LogP contribution >= 0.6 is 11.5 Å². The van der Waals surface area contributed by atoms with E-state index in [4.69, 9.17) is 15.9 Å². The average molecular weight is 456 g/mol. The summed E-state index contributed by atoms with van der Waals surface area (Å²) in [6.45, 7) is 4.55. The van der Waals surface area contributed by atoms with Crippen LogP contribution in [0.15, 0.2) is 53.1 Å². The molecule has 2 aromatic heterocycles. The number of rotatable bonds is 9. The molecule has 168 valence electrons. The fourth-order valence-electron chi connectivity index (χ4n) is 3.11. The summed E-state index contributed by atoms with van der Waals surface area (Å²) in [5, 5.41) is 2.89. The summed E-state index contributed by atoms with van der Waals surface area (Å²) in [6, 6.07) is 10.8. The predicted molar refractivity (Wildman–Crippen MR) is 122 cm³/mol. The van der Waals surface area contributed by atoms with E-state index < -0.39 is 23.8 Å². The third-order valence-corrected chi connectivity index (χ3v) is 5.60. The van der Waals surface area contributed by atoms with E-state index in [-0.39, 0.29) is 22.0 Å². The molecule has 5 N–H and O–H groups in total. The molecule has 9 nitrogen and oxygen atoms in total. The Labute approximate surface area is 189 Å². The second kappa shape index (κ2) is 10.1. The van der Waals surface area contributed by atoms with E-state index in [1.54, 1.807) is 42.5 Å². The maximum absolute atomic E-state index is 13.7. The number of amides is 3. The van der Waals surface area contributed by atoms with Gasteiger partial charge in [-0.2, -0.15) is 4.37 Å². The van der Waals surface area contributed by atoms with Gasteiger partial charge in [-0.3, -0.25) is 19.3 Å². The Balaban J connectivity index is 2.07. The maximum atomic E-state index is 13.7. The average Bonchev–Trinajstić information content (AvgIpc) is 3.41. The van der Waals surface area contributed by atoms with Crippen LogP contribution in [-0.4, -0.2) is 28.6 Å². The number of nitrogens with zero attached hydrogens (tertiary/aromatic N) is 2. The third kappa shape index (κ3) is 4.97. The van der Waals surface area contributed by atoms with Crippen LogP contribution in [0.2, 0.25) is 0 Å². The molecule has 1 unspecified atom stereocenters. The molecule has 3 rings (SSSR count). The van der Waals surface area contributed by atoms with Gasteiger partial charge in [-0.15, -0.1) is 0 Å². The number of nitrogens with one attached hydrogen (secondary N) is 1. The molecular formula is C22H25N5O4S. The summed E-state index contributed by atoms with van der Waals surface area (Å²) in [5.74, 6) is -1.16. The van der Waals surface area contributed by atoms with Gasteiger partial charge in [0.05, 0.1) is 12.0 Å². The lowest BCUT2D eigenvalue weighted by molar-refractivity contribution is -0.122. The second-order valence-electron chi connectivity index (χ2n) is 7.54. The van der Waals surface area contributed by atoms with Crippen LogP contribution in [0.3, 0.4) is 0 Å². The van der Waals surface area contributed by atoms with Gasteiger partial charge < -0.3 is 21.2 Å². The number of carbonyl (C=O) groups excluding carboxylic acids is 3. The molecule has 0 spiro atoms. The molecule has 1 aromatic carbocycles. The molecule has 0 aliphatic heterocycles. The zero-order chi connectivity index (χ0) is 23.3. The molecule has 0 saturated heterocycles. The Bertz CT molecular complexity index is 1080. The highest BCUT2D eigenvalue weighted by molar-refractivity contribution is 7.09. The SMILES string of the molecule is CC(C)CCNC(=O)C(c1ccco1)N(C(=O)c1snc(C(N)=O)c1N)c1ccccc1. The smallest absolute Gasteiger partial charge is 0.273 e. The second-order valence-corrected chi connectivity index (χ2v) is 8.31. The Hall–Kier alpha value is -3.66. The number of carbonyl (C=O) groups is 3. The highest BCUT2D eigenvalue weighted by Gasteiger charge is 2.37.